The Labute approximate surface area is 145 Å². The number of nitrogens with one attached hydrogen (secondary N) is 1. The van der Waals surface area contributed by atoms with E-state index in [4.69, 9.17) is 4.74 Å². The predicted octanol–water partition coefficient (Wildman–Crippen LogP) is 1.79. The molecular weight excluding hydrogens is 340 g/mol. The second-order valence-electron chi connectivity index (χ2n) is 6.08. The van der Waals surface area contributed by atoms with Gasteiger partial charge in [-0.15, -0.1) is 0 Å². The van der Waals surface area contributed by atoms with Crippen molar-refractivity contribution < 1.29 is 13.2 Å². The van der Waals surface area contributed by atoms with Crippen molar-refractivity contribution in [2.75, 3.05) is 13.2 Å². The third-order valence-corrected chi connectivity index (χ3v) is 5.71. The van der Waals surface area contributed by atoms with Crippen molar-refractivity contribution in [3.8, 4) is 0 Å². The zero-order valence-electron chi connectivity index (χ0n) is 13.7. The number of rotatable bonds is 4. The highest BCUT2D eigenvalue weighted by Gasteiger charge is 2.26. The Hall–Kier alpha value is -2.29. The molecule has 0 radical (unpaired) electrons. The molecular formula is C17H18N4O3S. The zero-order chi connectivity index (χ0) is 17.4. The van der Waals surface area contributed by atoms with Gasteiger partial charge in [-0.1, -0.05) is 17.7 Å². The molecule has 3 heterocycles. The van der Waals surface area contributed by atoms with E-state index in [0.29, 0.717) is 13.2 Å². The SMILES string of the molecule is Cc1ccc(S(=O)(=O)NCC2COCc3nc4cccnc4n32)cc1. The molecule has 1 aliphatic heterocycles. The lowest BCUT2D eigenvalue weighted by atomic mass is 10.2. The molecule has 130 valence electrons. The molecule has 7 nitrogen and oxygen atoms in total. The first kappa shape index (κ1) is 16.2. The lowest BCUT2D eigenvalue weighted by Crippen LogP contribution is -2.35. The van der Waals surface area contributed by atoms with Crippen LogP contribution in [-0.2, 0) is 21.4 Å². The molecule has 0 aliphatic carbocycles. The predicted molar refractivity (Wildman–Crippen MR) is 92.6 cm³/mol. The Morgan fingerprint density at radius 2 is 2.08 bits per heavy atom. The van der Waals surface area contributed by atoms with Crippen LogP contribution >= 0.6 is 0 Å². The van der Waals surface area contributed by atoms with E-state index in [2.05, 4.69) is 14.7 Å². The Kier molecular flexibility index (Phi) is 4.03. The van der Waals surface area contributed by atoms with Gasteiger partial charge in [0.25, 0.3) is 0 Å². The van der Waals surface area contributed by atoms with Gasteiger partial charge >= 0.3 is 0 Å². The lowest BCUT2D eigenvalue weighted by molar-refractivity contribution is 0.0578. The average molecular weight is 358 g/mol. The Bertz CT molecular complexity index is 1010. The van der Waals surface area contributed by atoms with Crippen LogP contribution in [0.3, 0.4) is 0 Å². The van der Waals surface area contributed by atoms with E-state index >= 15 is 0 Å². The number of hydrogen-bond donors (Lipinski definition) is 1. The number of hydrogen-bond acceptors (Lipinski definition) is 5. The van der Waals surface area contributed by atoms with Crippen molar-refractivity contribution >= 4 is 21.2 Å². The lowest BCUT2D eigenvalue weighted by Gasteiger charge is -2.25. The van der Waals surface area contributed by atoms with E-state index in [1.54, 1.807) is 30.5 Å². The molecule has 4 rings (SSSR count). The van der Waals surface area contributed by atoms with Crippen molar-refractivity contribution in [3.05, 3.63) is 54.0 Å². The molecule has 3 aromatic rings. The smallest absolute Gasteiger partial charge is 0.240 e. The molecule has 0 fully saturated rings. The summed E-state index contributed by atoms with van der Waals surface area (Å²) in [7, 11) is -3.58. The topological polar surface area (TPSA) is 86.1 Å². The molecule has 0 saturated carbocycles. The molecule has 1 atom stereocenters. The van der Waals surface area contributed by atoms with Crippen LogP contribution in [0.1, 0.15) is 17.4 Å². The van der Waals surface area contributed by atoms with Crippen LogP contribution in [0.5, 0.6) is 0 Å². The summed E-state index contributed by atoms with van der Waals surface area (Å²) in [5.74, 6) is 0.763. The second kappa shape index (κ2) is 6.21. The minimum absolute atomic E-state index is 0.191. The second-order valence-corrected chi connectivity index (χ2v) is 7.85. The van der Waals surface area contributed by atoms with E-state index in [1.165, 1.54) is 0 Å². The van der Waals surface area contributed by atoms with Crippen LogP contribution in [0.15, 0.2) is 47.5 Å². The summed E-state index contributed by atoms with van der Waals surface area (Å²) < 4.78 is 35.2. The van der Waals surface area contributed by atoms with Crippen molar-refractivity contribution in [2.24, 2.45) is 0 Å². The van der Waals surface area contributed by atoms with Crippen LogP contribution < -0.4 is 4.72 Å². The van der Waals surface area contributed by atoms with Gasteiger partial charge in [0.2, 0.25) is 10.0 Å². The zero-order valence-corrected chi connectivity index (χ0v) is 14.5. The van der Waals surface area contributed by atoms with Gasteiger partial charge in [0.1, 0.15) is 17.9 Å². The number of aromatic nitrogens is 3. The largest absolute Gasteiger partial charge is 0.371 e. The normalized spacial score (nSPS) is 17.6. The molecule has 25 heavy (non-hydrogen) atoms. The number of imidazole rings is 1. The van der Waals surface area contributed by atoms with Gasteiger partial charge in [0.15, 0.2) is 5.65 Å². The molecule has 0 amide bonds. The minimum atomic E-state index is -3.58. The van der Waals surface area contributed by atoms with Gasteiger partial charge in [-0.25, -0.2) is 23.1 Å². The molecule has 0 saturated heterocycles. The fraction of sp³-hybridized carbons (Fsp3) is 0.294. The number of pyridine rings is 1. The van der Waals surface area contributed by atoms with Crippen molar-refractivity contribution in [1.82, 2.24) is 19.3 Å². The van der Waals surface area contributed by atoms with E-state index in [9.17, 15) is 8.42 Å². The van der Waals surface area contributed by atoms with Crippen LogP contribution in [0.25, 0.3) is 11.2 Å². The van der Waals surface area contributed by atoms with Gasteiger partial charge in [-0.3, -0.25) is 0 Å². The molecule has 1 aromatic carbocycles. The summed E-state index contributed by atoms with van der Waals surface area (Å²) in [6.07, 6.45) is 1.71. The van der Waals surface area contributed by atoms with Crippen LogP contribution in [-0.4, -0.2) is 36.1 Å². The Balaban J connectivity index is 1.59. The first-order valence-electron chi connectivity index (χ1n) is 8.00. The summed E-state index contributed by atoms with van der Waals surface area (Å²) in [5.41, 5.74) is 2.55. The van der Waals surface area contributed by atoms with E-state index in [1.807, 2.05) is 23.6 Å². The minimum Gasteiger partial charge on any atom is -0.371 e. The Morgan fingerprint density at radius 1 is 1.28 bits per heavy atom. The van der Waals surface area contributed by atoms with Crippen molar-refractivity contribution in [3.63, 3.8) is 0 Å². The van der Waals surface area contributed by atoms with Gasteiger partial charge in [-0.05, 0) is 31.2 Å². The fourth-order valence-corrected chi connectivity index (χ4v) is 4.05. The van der Waals surface area contributed by atoms with Gasteiger partial charge < -0.3 is 9.30 Å². The summed E-state index contributed by atoms with van der Waals surface area (Å²) in [5, 5.41) is 0. The highest BCUT2D eigenvalue weighted by molar-refractivity contribution is 7.89. The van der Waals surface area contributed by atoms with E-state index < -0.39 is 10.0 Å². The summed E-state index contributed by atoms with van der Waals surface area (Å²) in [6, 6.07) is 10.3. The number of ether oxygens (including phenoxy) is 1. The quantitative estimate of drug-likeness (QED) is 0.768. The number of nitrogens with zero attached hydrogens (tertiary/aromatic N) is 3. The van der Waals surface area contributed by atoms with Crippen LogP contribution in [0.2, 0.25) is 0 Å². The molecule has 0 spiro atoms. The van der Waals surface area contributed by atoms with Crippen molar-refractivity contribution in [2.45, 2.75) is 24.5 Å². The van der Waals surface area contributed by atoms with Crippen LogP contribution in [0.4, 0.5) is 0 Å². The highest BCUT2D eigenvalue weighted by Crippen LogP contribution is 2.24. The summed E-state index contributed by atoms with van der Waals surface area (Å²) >= 11 is 0. The number of benzene rings is 1. The molecule has 1 unspecified atom stereocenters. The maximum absolute atomic E-state index is 12.5. The molecule has 2 aromatic heterocycles. The third kappa shape index (κ3) is 3.04. The number of sulfonamides is 1. The van der Waals surface area contributed by atoms with Gasteiger partial charge in [-0.2, -0.15) is 0 Å². The average Bonchev–Trinajstić information content (AvgIpc) is 2.99. The molecule has 1 N–H and O–H groups in total. The summed E-state index contributed by atoms with van der Waals surface area (Å²) in [4.78, 5) is 9.15. The van der Waals surface area contributed by atoms with Gasteiger partial charge in [0.05, 0.1) is 17.5 Å². The van der Waals surface area contributed by atoms with Crippen LogP contribution in [0, 0.1) is 6.92 Å². The molecule has 8 heteroatoms. The van der Waals surface area contributed by atoms with E-state index in [0.717, 1.165) is 22.6 Å². The highest BCUT2D eigenvalue weighted by atomic mass is 32.2. The fourth-order valence-electron chi connectivity index (χ4n) is 2.98. The van der Waals surface area contributed by atoms with E-state index in [-0.39, 0.29) is 17.5 Å². The first-order chi connectivity index (χ1) is 12.0. The van der Waals surface area contributed by atoms with Gasteiger partial charge in [0, 0.05) is 12.7 Å². The molecule has 0 bridgehead atoms. The standard InChI is InChI=1S/C17H18N4O3S/c1-12-4-6-14(7-5-12)25(22,23)19-9-13-10-24-11-16-20-15-3-2-8-18-17(15)21(13)16/h2-8,13,19H,9-11H2,1H3. The monoisotopic (exact) mass is 358 g/mol. The molecule has 1 aliphatic rings. The third-order valence-electron chi connectivity index (χ3n) is 4.27. The summed E-state index contributed by atoms with van der Waals surface area (Å²) in [6.45, 7) is 2.94. The van der Waals surface area contributed by atoms with Crippen molar-refractivity contribution in [1.29, 1.82) is 0 Å². The number of aryl methyl sites for hydroxylation is 1. The Morgan fingerprint density at radius 3 is 2.88 bits per heavy atom. The maximum atomic E-state index is 12.5. The number of fused-ring (bicyclic) bond motifs is 3. The maximum Gasteiger partial charge on any atom is 0.240 e. The first-order valence-corrected chi connectivity index (χ1v) is 9.49.